The van der Waals surface area contributed by atoms with E-state index in [2.05, 4.69) is 25.3 Å². The molecule has 0 saturated heterocycles. The third-order valence-electron chi connectivity index (χ3n) is 1.92. The molecule has 2 aromatic rings. The average Bonchev–Trinajstić information content (AvgIpc) is 2.63. The first-order valence-corrected chi connectivity index (χ1v) is 6.18. The van der Waals surface area contributed by atoms with Crippen LogP contribution in [0.1, 0.15) is 5.56 Å². The molecule has 8 heteroatoms. The van der Waals surface area contributed by atoms with Gasteiger partial charge < -0.3 is 0 Å². The first-order chi connectivity index (χ1) is 7.88. The molecule has 90 valence electrons. The highest BCUT2D eigenvalue weighted by molar-refractivity contribution is 9.10. The van der Waals surface area contributed by atoms with Crippen LogP contribution in [-0.2, 0) is 6.18 Å². The molecule has 1 heterocycles. The fraction of sp³-hybridized carbons (Fsp3) is 0.111. The Labute approximate surface area is 112 Å². The summed E-state index contributed by atoms with van der Waals surface area (Å²) in [6.45, 7) is 0. The quantitative estimate of drug-likeness (QED) is 0.754. The largest absolute Gasteiger partial charge is 0.417 e. The Hall–Kier alpha value is -0.660. The molecule has 0 N–H and O–H groups in total. The maximum absolute atomic E-state index is 12.8. The maximum Gasteiger partial charge on any atom is 0.417 e. The smallest absolute Gasteiger partial charge is 0.205 e. The molecule has 0 atom stereocenters. The van der Waals surface area contributed by atoms with Crippen molar-refractivity contribution in [2.24, 2.45) is 0 Å². The average molecular weight is 344 g/mol. The number of halogens is 5. The normalized spacial score (nSPS) is 11.8. The molecule has 0 bridgehead atoms. The third kappa shape index (κ3) is 2.78. The number of aromatic nitrogens is 2. The number of rotatable bonds is 1. The summed E-state index contributed by atoms with van der Waals surface area (Å²) in [5.74, 6) is 0. The van der Waals surface area contributed by atoms with Gasteiger partial charge in [0.1, 0.15) is 5.01 Å². The van der Waals surface area contributed by atoms with Crippen molar-refractivity contribution in [3.8, 4) is 10.6 Å². The van der Waals surface area contributed by atoms with Crippen molar-refractivity contribution < 1.29 is 13.2 Å². The second kappa shape index (κ2) is 4.55. The van der Waals surface area contributed by atoms with Gasteiger partial charge in [0.2, 0.25) is 5.28 Å². The number of alkyl halides is 3. The molecule has 2 rings (SSSR count). The van der Waals surface area contributed by atoms with E-state index in [-0.39, 0.29) is 15.9 Å². The molecule has 17 heavy (non-hydrogen) atoms. The van der Waals surface area contributed by atoms with Crippen LogP contribution in [0.4, 0.5) is 13.2 Å². The zero-order chi connectivity index (χ0) is 12.6. The first-order valence-electron chi connectivity index (χ1n) is 4.24. The summed E-state index contributed by atoms with van der Waals surface area (Å²) >= 11 is 9.34. The van der Waals surface area contributed by atoms with Crippen LogP contribution < -0.4 is 0 Å². The Morgan fingerprint density at radius 2 is 2.00 bits per heavy atom. The van der Waals surface area contributed by atoms with Crippen LogP contribution in [0.25, 0.3) is 10.6 Å². The van der Waals surface area contributed by atoms with Crippen LogP contribution in [0.5, 0.6) is 0 Å². The number of hydrogen-bond donors (Lipinski definition) is 0. The van der Waals surface area contributed by atoms with Crippen molar-refractivity contribution in [2.45, 2.75) is 6.18 Å². The molecule has 1 aromatic carbocycles. The SMILES string of the molecule is FC(F)(F)c1cc(Br)ccc1-c1nc(Cl)ns1. The first kappa shape index (κ1) is 12.8. The van der Waals surface area contributed by atoms with Gasteiger partial charge in [-0.05, 0) is 35.3 Å². The highest BCUT2D eigenvalue weighted by Gasteiger charge is 2.34. The van der Waals surface area contributed by atoms with Crippen molar-refractivity contribution in [1.29, 1.82) is 0 Å². The Morgan fingerprint density at radius 1 is 1.29 bits per heavy atom. The maximum atomic E-state index is 12.8. The van der Waals surface area contributed by atoms with Crippen LogP contribution in [0, 0.1) is 0 Å². The molecule has 0 aliphatic heterocycles. The summed E-state index contributed by atoms with van der Waals surface area (Å²) in [6, 6.07) is 3.86. The Bertz CT molecular complexity index is 555. The summed E-state index contributed by atoms with van der Waals surface area (Å²) in [5.41, 5.74) is -0.787. The predicted molar refractivity (Wildman–Crippen MR) is 63.1 cm³/mol. The summed E-state index contributed by atoms with van der Waals surface area (Å²) in [5, 5.41) is 0.0934. The second-order valence-electron chi connectivity index (χ2n) is 3.06. The lowest BCUT2D eigenvalue weighted by Crippen LogP contribution is -2.07. The van der Waals surface area contributed by atoms with E-state index in [1.807, 2.05) is 0 Å². The van der Waals surface area contributed by atoms with E-state index >= 15 is 0 Å². The van der Waals surface area contributed by atoms with Gasteiger partial charge in [0, 0.05) is 10.0 Å². The van der Waals surface area contributed by atoms with Gasteiger partial charge >= 0.3 is 6.18 Å². The van der Waals surface area contributed by atoms with Crippen LogP contribution >= 0.6 is 39.1 Å². The van der Waals surface area contributed by atoms with E-state index in [1.165, 1.54) is 12.1 Å². The number of nitrogens with zero attached hydrogens (tertiary/aromatic N) is 2. The second-order valence-corrected chi connectivity index (χ2v) is 5.06. The van der Waals surface area contributed by atoms with Gasteiger partial charge in [0.25, 0.3) is 0 Å². The zero-order valence-corrected chi connectivity index (χ0v) is 11.1. The van der Waals surface area contributed by atoms with E-state index in [4.69, 9.17) is 11.6 Å². The monoisotopic (exact) mass is 342 g/mol. The lowest BCUT2D eigenvalue weighted by atomic mass is 10.1. The van der Waals surface area contributed by atoms with Gasteiger partial charge in [-0.3, -0.25) is 0 Å². The van der Waals surface area contributed by atoms with Crippen molar-refractivity contribution in [3.63, 3.8) is 0 Å². The van der Waals surface area contributed by atoms with Crippen molar-refractivity contribution in [2.75, 3.05) is 0 Å². The summed E-state index contributed by atoms with van der Waals surface area (Å²) in [6.07, 6.45) is -4.45. The molecule has 1 aromatic heterocycles. The van der Waals surface area contributed by atoms with Crippen molar-refractivity contribution in [1.82, 2.24) is 9.36 Å². The van der Waals surface area contributed by atoms with E-state index in [0.717, 1.165) is 17.6 Å². The van der Waals surface area contributed by atoms with Crippen molar-refractivity contribution in [3.05, 3.63) is 33.5 Å². The predicted octanol–water partition coefficient (Wildman–Crippen LogP) is 4.64. The molecule has 0 amide bonds. The lowest BCUT2D eigenvalue weighted by molar-refractivity contribution is -0.137. The minimum Gasteiger partial charge on any atom is -0.205 e. The number of hydrogen-bond acceptors (Lipinski definition) is 3. The summed E-state index contributed by atoms with van der Waals surface area (Å²) in [4.78, 5) is 3.74. The van der Waals surface area contributed by atoms with E-state index in [1.54, 1.807) is 0 Å². The van der Waals surface area contributed by atoms with E-state index in [9.17, 15) is 13.2 Å². The molecular formula is C9H3BrClF3N2S. The molecule has 0 radical (unpaired) electrons. The highest BCUT2D eigenvalue weighted by atomic mass is 79.9. The molecule has 2 nitrogen and oxygen atoms in total. The summed E-state index contributed by atoms with van der Waals surface area (Å²) in [7, 11) is 0. The zero-order valence-electron chi connectivity index (χ0n) is 7.92. The minimum absolute atomic E-state index is 0.0231. The standard InChI is InChI=1S/C9H3BrClF3N2S/c10-4-1-2-5(6(3-4)9(12,13)14)7-15-8(11)16-17-7/h1-3H. The van der Waals surface area contributed by atoms with Gasteiger partial charge in [-0.25, -0.2) is 4.98 Å². The lowest BCUT2D eigenvalue weighted by Gasteiger charge is -2.11. The van der Waals surface area contributed by atoms with Gasteiger partial charge in [-0.1, -0.05) is 22.0 Å². The fourth-order valence-corrected chi connectivity index (χ4v) is 2.46. The topological polar surface area (TPSA) is 25.8 Å². The van der Waals surface area contributed by atoms with Crippen LogP contribution in [-0.4, -0.2) is 9.36 Å². The number of benzene rings is 1. The minimum atomic E-state index is -4.45. The van der Waals surface area contributed by atoms with E-state index in [0.29, 0.717) is 4.47 Å². The fourth-order valence-electron chi connectivity index (χ4n) is 1.25. The van der Waals surface area contributed by atoms with Gasteiger partial charge in [0.15, 0.2) is 0 Å². The Morgan fingerprint density at radius 3 is 2.53 bits per heavy atom. The highest BCUT2D eigenvalue weighted by Crippen LogP contribution is 2.39. The molecule has 0 aliphatic rings. The van der Waals surface area contributed by atoms with Crippen LogP contribution in [0.15, 0.2) is 22.7 Å². The molecule has 0 saturated carbocycles. The van der Waals surface area contributed by atoms with Gasteiger partial charge in [-0.15, -0.1) is 0 Å². The molecule has 0 aliphatic carbocycles. The van der Waals surface area contributed by atoms with Gasteiger partial charge in [0.05, 0.1) is 5.56 Å². The molecule has 0 fully saturated rings. The van der Waals surface area contributed by atoms with E-state index < -0.39 is 11.7 Å². The van der Waals surface area contributed by atoms with Gasteiger partial charge in [-0.2, -0.15) is 17.5 Å². The summed E-state index contributed by atoms with van der Waals surface area (Å²) < 4.78 is 42.5. The molecular weight excluding hydrogens is 341 g/mol. The van der Waals surface area contributed by atoms with Crippen molar-refractivity contribution >= 4 is 39.1 Å². The Balaban J connectivity index is 2.61. The Kier molecular flexibility index (Phi) is 3.42. The van der Waals surface area contributed by atoms with Crippen LogP contribution in [0.3, 0.4) is 0 Å². The molecule has 0 unspecified atom stereocenters. The van der Waals surface area contributed by atoms with Crippen LogP contribution in [0.2, 0.25) is 5.28 Å². The molecule has 0 spiro atoms. The third-order valence-corrected chi connectivity index (χ3v) is 3.43.